The summed E-state index contributed by atoms with van der Waals surface area (Å²) in [5.74, 6) is 0.382. The molecule has 0 fully saturated rings. The molecule has 0 bridgehead atoms. The third-order valence-electron chi connectivity index (χ3n) is 1.38. The van der Waals surface area contributed by atoms with Crippen LogP contribution in [0.1, 0.15) is 25.5 Å². The molecule has 1 aromatic heterocycles. The van der Waals surface area contributed by atoms with Crippen LogP contribution < -0.4 is 0 Å². The molecule has 2 nitrogen and oxygen atoms in total. The molecular formula is C7H11FN2. The van der Waals surface area contributed by atoms with E-state index in [1.54, 1.807) is 6.20 Å². The van der Waals surface area contributed by atoms with E-state index in [-0.39, 0.29) is 0 Å². The maximum atomic E-state index is 11.9. The zero-order valence-electron chi connectivity index (χ0n) is 6.21. The molecule has 0 aliphatic heterocycles. The molecule has 0 aromatic carbocycles. The molecule has 1 heterocycles. The standard InChI is InChI=1S/C7H11FN2/c1-6(2)7-3-4-10(5-8)9-7/h3-4,6H,5H2,1-2H3. The van der Waals surface area contributed by atoms with Gasteiger partial charge in [0.1, 0.15) is 0 Å². The number of aromatic nitrogens is 2. The van der Waals surface area contributed by atoms with E-state index in [0.717, 1.165) is 5.69 Å². The smallest absolute Gasteiger partial charge is 0.181 e. The van der Waals surface area contributed by atoms with Crippen LogP contribution in [0.4, 0.5) is 4.39 Å². The highest BCUT2D eigenvalue weighted by Crippen LogP contribution is 2.09. The van der Waals surface area contributed by atoms with E-state index in [4.69, 9.17) is 0 Å². The summed E-state index contributed by atoms with van der Waals surface area (Å²) < 4.78 is 13.2. The highest BCUT2D eigenvalue weighted by Gasteiger charge is 2.01. The lowest BCUT2D eigenvalue weighted by Crippen LogP contribution is -1.95. The first kappa shape index (κ1) is 7.25. The van der Waals surface area contributed by atoms with Crippen molar-refractivity contribution in [2.24, 2.45) is 0 Å². The van der Waals surface area contributed by atoms with Crippen molar-refractivity contribution in [1.82, 2.24) is 9.78 Å². The molecule has 0 atom stereocenters. The van der Waals surface area contributed by atoms with Gasteiger partial charge in [-0.1, -0.05) is 13.8 Å². The van der Waals surface area contributed by atoms with Crippen LogP contribution in [0.3, 0.4) is 0 Å². The van der Waals surface area contributed by atoms with Crippen LogP contribution >= 0.6 is 0 Å². The van der Waals surface area contributed by atoms with Crippen molar-refractivity contribution in [3.8, 4) is 0 Å². The Morgan fingerprint density at radius 2 is 2.40 bits per heavy atom. The summed E-state index contributed by atoms with van der Waals surface area (Å²) in [6.45, 7) is 3.53. The fourth-order valence-electron chi connectivity index (χ4n) is 0.752. The van der Waals surface area contributed by atoms with Crippen LogP contribution in [0.25, 0.3) is 0 Å². The summed E-state index contributed by atoms with van der Waals surface area (Å²) in [6, 6.07) is 1.84. The van der Waals surface area contributed by atoms with Crippen molar-refractivity contribution in [3.05, 3.63) is 18.0 Å². The Morgan fingerprint density at radius 3 is 2.70 bits per heavy atom. The quantitative estimate of drug-likeness (QED) is 0.617. The van der Waals surface area contributed by atoms with Gasteiger partial charge in [0.05, 0.1) is 5.69 Å². The molecule has 56 valence electrons. The molecule has 1 rings (SSSR count). The summed E-state index contributed by atoms with van der Waals surface area (Å²) >= 11 is 0. The minimum atomic E-state index is -0.535. The van der Waals surface area contributed by atoms with Gasteiger partial charge in [-0.2, -0.15) is 5.10 Å². The fraction of sp³-hybridized carbons (Fsp3) is 0.571. The lowest BCUT2D eigenvalue weighted by atomic mass is 10.1. The van der Waals surface area contributed by atoms with Gasteiger partial charge in [0, 0.05) is 6.20 Å². The highest BCUT2D eigenvalue weighted by molar-refractivity contribution is 5.03. The maximum Gasteiger partial charge on any atom is 0.181 e. The van der Waals surface area contributed by atoms with E-state index in [1.807, 2.05) is 19.9 Å². The largest absolute Gasteiger partial charge is 0.242 e. The average Bonchev–Trinajstić information content (AvgIpc) is 2.34. The number of halogens is 1. The molecule has 0 aliphatic rings. The van der Waals surface area contributed by atoms with Gasteiger partial charge < -0.3 is 0 Å². The average molecular weight is 142 g/mol. The van der Waals surface area contributed by atoms with Crippen molar-refractivity contribution in [2.75, 3.05) is 0 Å². The number of hydrogen-bond donors (Lipinski definition) is 0. The lowest BCUT2D eigenvalue weighted by molar-refractivity contribution is 0.347. The second-order valence-corrected chi connectivity index (χ2v) is 2.55. The molecule has 0 spiro atoms. The highest BCUT2D eigenvalue weighted by atomic mass is 19.1. The molecule has 0 saturated carbocycles. The zero-order valence-corrected chi connectivity index (χ0v) is 6.21. The Balaban J connectivity index is 2.78. The first-order valence-corrected chi connectivity index (χ1v) is 3.33. The monoisotopic (exact) mass is 142 g/mol. The maximum absolute atomic E-state index is 11.9. The number of rotatable bonds is 2. The van der Waals surface area contributed by atoms with Crippen LogP contribution in [0.2, 0.25) is 0 Å². The van der Waals surface area contributed by atoms with Gasteiger partial charge in [0.2, 0.25) is 0 Å². The van der Waals surface area contributed by atoms with Crippen molar-refractivity contribution < 1.29 is 4.39 Å². The summed E-state index contributed by atoms with van der Waals surface area (Å²) in [5, 5.41) is 3.97. The van der Waals surface area contributed by atoms with E-state index < -0.39 is 6.80 Å². The third kappa shape index (κ3) is 1.35. The van der Waals surface area contributed by atoms with E-state index in [0.29, 0.717) is 5.92 Å². The first-order valence-electron chi connectivity index (χ1n) is 3.33. The lowest BCUT2D eigenvalue weighted by Gasteiger charge is -1.96. The molecule has 10 heavy (non-hydrogen) atoms. The van der Waals surface area contributed by atoms with E-state index in [9.17, 15) is 4.39 Å². The Hall–Kier alpha value is -0.860. The molecule has 0 N–H and O–H groups in total. The minimum Gasteiger partial charge on any atom is -0.242 e. The molecule has 0 saturated heterocycles. The van der Waals surface area contributed by atoms with Crippen molar-refractivity contribution in [1.29, 1.82) is 0 Å². The Labute approximate surface area is 59.7 Å². The van der Waals surface area contributed by atoms with Gasteiger partial charge in [0.25, 0.3) is 0 Å². The number of nitrogens with zero attached hydrogens (tertiary/aromatic N) is 2. The summed E-state index contributed by atoms with van der Waals surface area (Å²) in [5.41, 5.74) is 0.942. The summed E-state index contributed by atoms with van der Waals surface area (Å²) in [6.07, 6.45) is 1.65. The summed E-state index contributed by atoms with van der Waals surface area (Å²) in [4.78, 5) is 0. The Morgan fingerprint density at radius 1 is 1.70 bits per heavy atom. The zero-order chi connectivity index (χ0) is 7.56. The fourth-order valence-corrected chi connectivity index (χ4v) is 0.752. The van der Waals surface area contributed by atoms with Gasteiger partial charge in [-0.05, 0) is 12.0 Å². The molecule has 0 radical (unpaired) electrons. The molecule has 0 unspecified atom stereocenters. The molecule has 0 amide bonds. The van der Waals surface area contributed by atoms with Gasteiger partial charge in [-0.15, -0.1) is 0 Å². The molecule has 0 aliphatic carbocycles. The van der Waals surface area contributed by atoms with Gasteiger partial charge in [-0.25, -0.2) is 9.07 Å². The van der Waals surface area contributed by atoms with Crippen molar-refractivity contribution in [2.45, 2.75) is 26.6 Å². The van der Waals surface area contributed by atoms with Crippen molar-refractivity contribution >= 4 is 0 Å². The number of alkyl halides is 1. The topological polar surface area (TPSA) is 17.8 Å². The predicted octanol–water partition coefficient (Wildman–Crippen LogP) is 1.93. The Kier molecular flexibility index (Phi) is 2.04. The van der Waals surface area contributed by atoms with Crippen LogP contribution in [0, 0.1) is 0 Å². The molecule has 1 aromatic rings. The van der Waals surface area contributed by atoms with Gasteiger partial charge in [-0.3, -0.25) is 0 Å². The van der Waals surface area contributed by atoms with Crippen LogP contribution in [-0.4, -0.2) is 9.78 Å². The third-order valence-corrected chi connectivity index (χ3v) is 1.38. The van der Waals surface area contributed by atoms with Gasteiger partial charge >= 0.3 is 0 Å². The van der Waals surface area contributed by atoms with Crippen LogP contribution in [0.15, 0.2) is 12.3 Å². The first-order chi connectivity index (χ1) is 4.74. The van der Waals surface area contributed by atoms with Crippen LogP contribution in [-0.2, 0) is 6.80 Å². The van der Waals surface area contributed by atoms with E-state index in [1.165, 1.54) is 4.68 Å². The van der Waals surface area contributed by atoms with Crippen LogP contribution in [0.5, 0.6) is 0 Å². The second-order valence-electron chi connectivity index (χ2n) is 2.55. The second kappa shape index (κ2) is 2.82. The summed E-state index contributed by atoms with van der Waals surface area (Å²) in [7, 11) is 0. The SMILES string of the molecule is CC(C)c1ccn(CF)n1. The Bertz CT molecular complexity index is 205. The molecule has 3 heteroatoms. The van der Waals surface area contributed by atoms with E-state index >= 15 is 0 Å². The van der Waals surface area contributed by atoms with Crippen molar-refractivity contribution in [3.63, 3.8) is 0 Å². The molecular weight excluding hydrogens is 131 g/mol. The minimum absolute atomic E-state index is 0.382. The number of hydrogen-bond acceptors (Lipinski definition) is 1. The normalized spacial score (nSPS) is 10.8. The van der Waals surface area contributed by atoms with E-state index in [2.05, 4.69) is 5.10 Å². The predicted molar refractivity (Wildman–Crippen MR) is 37.4 cm³/mol. The van der Waals surface area contributed by atoms with Gasteiger partial charge in [0.15, 0.2) is 6.80 Å².